The molecule has 0 fully saturated rings. The molecule has 0 aliphatic heterocycles. The number of carbonyl (C=O) groups excluding carboxylic acids is 3. The van der Waals surface area contributed by atoms with E-state index in [1.165, 1.54) is 42.5 Å². The third-order valence-electron chi connectivity index (χ3n) is 5.11. The van der Waals surface area contributed by atoms with Gasteiger partial charge in [-0.25, -0.2) is 4.79 Å². The largest absolute Gasteiger partial charge is 0.438 e. The summed E-state index contributed by atoms with van der Waals surface area (Å²) >= 11 is 0. The van der Waals surface area contributed by atoms with Crippen LogP contribution in [0.2, 0.25) is 0 Å². The number of esters is 3. The van der Waals surface area contributed by atoms with E-state index in [4.69, 9.17) is 23.3 Å². The number of hydrogen-bond donors (Lipinski definition) is 0. The Bertz CT molecular complexity index is 1250. The molecule has 11 nitrogen and oxygen atoms in total. The van der Waals surface area contributed by atoms with Gasteiger partial charge >= 0.3 is 23.6 Å². The van der Waals surface area contributed by atoms with Gasteiger partial charge in [-0.05, 0) is 65.3 Å². The molecule has 0 saturated carbocycles. The molecule has 228 valence electrons. The quantitative estimate of drug-likeness (QED) is 0.0484. The van der Waals surface area contributed by atoms with Gasteiger partial charge in [0, 0.05) is 23.8 Å². The van der Waals surface area contributed by atoms with Crippen molar-refractivity contribution in [2.24, 2.45) is 10.8 Å². The van der Waals surface area contributed by atoms with E-state index in [9.17, 15) is 24.5 Å². The van der Waals surface area contributed by atoms with Crippen LogP contribution in [-0.4, -0.2) is 36.4 Å². The van der Waals surface area contributed by atoms with Crippen LogP contribution in [0.4, 0.5) is 14.5 Å². The lowest BCUT2D eigenvalue weighted by Gasteiger charge is -2.27. The summed E-state index contributed by atoms with van der Waals surface area (Å²) < 4.78 is 56.1. The number of halogens is 2. The summed E-state index contributed by atoms with van der Waals surface area (Å²) in [5.41, 5.74) is -5.82. The number of alkyl halides is 2. The van der Waals surface area contributed by atoms with Crippen molar-refractivity contribution in [3.8, 4) is 5.75 Å². The lowest BCUT2D eigenvalue weighted by molar-refractivity contribution is -0.384. The Hall–Kier alpha value is -3.80. The van der Waals surface area contributed by atoms with E-state index in [2.05, 4.69) is 0 Å². The Morgan fingerprint density at radius 2 is 1.31 bits per heavy atom. The second-order valence-electron chi connectivity index (χ2n) is 10.8. The van der Waals surface area contributed by atoms with E-state index in [-0.39, 0.29) is 11.4 Å². The first-order valence-corrected chi connectivity index (χ1v) is 13.6. The maximum atomic E-state index is 15.5. The molecule has 0 amide bonds. The van der Waals surface area contributed by atoms with E-state index in [1.807, 2.05) is 0 Å². The minimum absolute atomic E-state index is 0.0833. The Labute approximate surface area is 242 Å². The van der Waals surface area contributed by atoms with Gasteiger partial charge in [-0.2, -0.15) is 8.78 Å². The summed E-state index contributed by atoms with van der Waals surface area (Å²) in [4.78, 5) is 46.2. The average Bonchev–Trinajstić information content (AvgIpc) is 2.90. The first-order chi connectivity index (χ1) is 19.4. The molecule has 0 unspecified atom stereocenters. The SMILES string of the molecule is CC(C)(C)C(=O)OCOP(OCOC(=O)C(C)(C)C)C(F)(F)c1ccc(/C=C/C(=O)Oc2ccc([N+](=O)[O-])cc2)cc1. The zero-order chi connectivity index (χ0) is 31.7. The third-order valence-corrected chi connectivity index (χ3v) is 6.51. The highest BCUT2D eigenvalue weighted by molar-refractivity contribution is 7.48. The normalized spacial score (nSPS) is 12.3. The highest BCUT2D eigenvalue weighted by Crippen LogP contribution is 2.60. The number of nitro groups is 1. The standard InChI is InChI=1S/C28H32F2NO10P/c1-26(2,3)24(33)37-17-39-42(40-18-38-25(34)27(4,5)6)28(29,30)20-10-7-19(8-11-20)9-16-23(32)41-22-14-12-21(13-15-22)31(35)36/h7-16H,17-18H2,1-6H3/b16-9+. The third kappa shape index (κ3) is 10.6. The highest BCUT2D eigenvalue weighted by Gasteiger charge is 2.46. The van der Waals surface area contributed by atoms with Gasteiger partial charge in [-0.3, -0.25) is 28.8 Å². The van der Waals surface area contributed by atoms with Crippen LogP contribution in [0.5, 0.6) is 5.75 Å². The maximum absolute atomic E-state index is 15.5. The Morgan fingerprint density at radius 1 is 0.833 bits per heavy atom. The number of ether oxygens (including phenoxy) is 3. The smallest absolute Gasteiger partial charge is 0.340 e. The molecule has 0 aliphatic rings. The number of benzene rings is 2. The van der Waals surface area contributed by atoms with Crippen LogP contribution >= 0.6 is 8.38 Å². The molecular weight excluding hydrogens is 579 g/mol. The predicted octanol–water partition coefficient (Wildman–Crippen LogP) is 6.70. The first kappa shape index (κ1) is 34.4. The molecule has 2 aromatic carbocycles. The molecule has 2 aromatic rings. The van der Waals surface area contributed by atoms with Crippen molar-refractivity contribution in [2.75, 3.05) is 13.6 Å². The van der Waals surface area contributed by atoms with E-state index in [0.29, 0.717) is 5.56 Å². The molecule has 14 heteroatoms. The van der Waals surface area contributed by atoms with Crippen molar-refractivity contribution in [1.29, 1.82) is 0 Å². The summed E-state index contributed by atoms with van der Waals surface area (Å²) in [5.74, 6) is -2.07. The molecule has 0 atom stereocenters. The van der Waals surface area contributed by atoms with Crippen LogP contribution in [0.1, 0.15) is 52.7 Å². The molecule has 42 heavy (non-hydrogen) atoms. The summed E-state index contributed by atoms with van der Waals surface area (Å²) in [6.45, 7) is 7.87. The van der Waals surface area contributed by atoms with Gasteiger partial charge in [0.25, 0.3) is 14.1 Å². The van der Waals surface area contributed by atoms with Gasteiger partial charge < -0.3 is 14.2 Å². The van der Waals surface area contributed by atoms with E-state index in [1.54, 1.807) is 41.5 Å². The van der Waals surface area contributed by atoms with Crippen LogP contribution < -0.4 is 4.74 Å². The zero-order valence-corrected chi connectivity index (χ0v) is 24.8. The summed E-state index contributed by atoms with van der Waals surface area (Å²) in [5, 5.41) is 10.7. The van der Waals surface area contributed by atoms with Gasteiger partial charge in [0.1, 0.15) is 5.75 Å². The molecule has 0 heterocycles. The summed E-state index contributed by atoms with van der Waals surface area (Å²) in [7, 11) is -3.10. The van der Waals surface area contributed by atoms with Gasteiger partial charge in [-0.15, -0.1) is 0 Å². The van der Waals surface area contributed by atoms with Gasteiger partial charge in [0.15, 0.2) is 13.6 Å². The van der Waals surface area contributed by atoms with Crippen molar-refractivity contribution in [3.05, 3.63) is 75.8 Å². The van der Waals surface area contributed by atoms with Crippen molar-refractivity contribution in [1.82, 2.24) is 0 Å². The van der Waals surface area contributed by atoms with E-state index < -0.39 is 66.8 Å². The van der Waals surface area contributed by atoms with Crippen LogP contribution in [0.15, 0.2) is 54.6 Å². The van der Waals surface area contributed by atoms with Crippen molar-refractivity contribution < 1.29 is 51.3 Å². The van der Waals surface area contributed by atoms with Crippen molar-refractivity contribution in [2.45, 2.75) is 47.2 Å². The number of nitrogens with zero attached hydrogens (tertiary/aromatic N) is 1. The van der Waals surface area contributed by atoms with Crippen LogP contribution in [0, 0.1) is 20.9 Å². The molecule has 0 aliphatic carbocycles. The molecule has 0 saturated heterocycles. The molecule has 0 radical (unpaired) electrons. The second-order valence-corrected chi connectivity index (χ2v) is 12.4. The van der Waals surface area contributed by atoms with Gasteiger partial charge in [-0.1, -0.05) is 24.3 Å². The fourth-order valence-corrected chi connectivity index (χ4v) is 3.79. The fraction of sp³-hybridized carbons (Fsp3) is 0.393. The Kier molecular flexibility index (Phi) is 11.8. The minimum Gasteiger partial charge on any atom is -0.438 e. The predicted molar refractivity (Wildman–Crippen MR) is 148 cm³/mol. The lowest BCUT2D eigenvalue weighted by atomic mass is 9.98. The molecule has 0 N–H and O–H groups in total. The number of non-ortho nitro benzene ring substituents is 1. The zero-order valence-electron chi connectivity index (χ0n) is 23.9. The van der Waals surface area contributed by atoms with E-state index >= 15 is 8.78 Å². The lowest BCUT2D eigenvalue weighted by Crippen LogP contribution is -2.25. The first-order valence-electron chi connectivity index (χ1n) is 12.4. The topological polar surface area (TPSA) is 140 Å². The Balaban J connectivity index is 2.10. The van der Waals surface area contributed by atoms with E-state index in [0.717, 1.165) is 18.2 Å². The Morgan fingerprint density at radius 3 is 1.74 bits per heavy atom. The maximum Gasteiger partial charge on any atom is 0.340 e. The molecular formula is C28H32F2NO10P. The van der Waals surface area contributed by atoms with Gasteiger partial charge in [0.05, 0.1) is 15.8 Å². The van der Waals surface area contributed by atoms with Crippen LogP contribution in [0.25, 0.3) is 6.08 Å². The number of rotatable bonds is 12. The van der Waals surface area contributed by atoms with Gasteiger partial charge in [0.2, 0.25) is 0 Å². The number of nitro benzene ring substituents is 1. The minimum atomic E-state index is -3.73. The van der Waals surface area contributed by atoms with Crippen molar-refractivity contribution in [3.63, 3.8) is 0 Å². The van der Waals surface area contributed by atoms with Crippen LogP contribution in [0.3, 0.4) is 0 Å². The molecule has 0 aromatic heterocycles. The average molecular weight is 612 g/mol. The summed E-state index contributed by atoms with van der Waals surface area (Å²) in [6.07, 6.45) is 2.38. The summed E-state index contributed by atoms with van der Waals surface area (Å²) in [6, 6.07) is 9.68. The monoisotopic (exact) mass is 611 g/mol. The molecule has 2 rings (SSSR count). The highest BCUT2D eigenvalue weighted by atomic mass is 31.2. The number of hydrogen-bond acceptors (Lipinski definition) is 10. The molecule has 0 bridgehead atoms. The number of carbonyl (C=O) groups is 3. The fourth-order valence-electron chi connectivity index (χ4n) is 2.74. The second kappa shape index (κ2) is 14.4. The van der Waals surface area contributed by atoms with Crippen LogP contribution in [-0.2, 0) is 38.6 Å². The molecule has 0 spiro atoms. The van der Waals surface area contributed by atoms with Crippen molar-refractivity contribution >= 4 is 38.0 Å².